The zero-order chi connectivity index (χ0) is 34.1. The number of aromatic amines is 2. The number of aromatic nitrogens is 8. The summed E-state index contributed by atoms with van der Waals surface area (Å²) < 4.78 is 101. The van der Waals surface area contributed by atoms with Crippen molar-refractivity contribution in [1.29, 1.82) is 0 Å². The number of fused-ring (bicyclic) bond motifs is 2. The highest BCUT2D eigenvalue weighted by molar-refractivity contribution is 5.71. The molecule has 6 rings (SSSR count). The molecule has 2 fully saturated rings. The number of alkyl halides is 6. The van der Waals surface area contributed by atoms with Crippen molar-refractivity contribution in [3.8, 4) is 0 Å². The molecule has 2 aliphatic rings. The van der Waals surface area contributed by atoms with E-state index in [0.717, 1.165) is 17.2 Å². The minimum atomic E-state index is -6.04. The van der Waals surface area contributed by atoms with Crippen LogP contribution in [0.5, 0.6) is 0 Å². The number of nitrogens with two attached hydrogens (primary N) is 2. The van der Waals surface area contributed by atoms with Gasteiger partial charge in [0.25, 0.3) is 16.8 Å². The highest BCUT2D eigenvalue weighted by Crippen LogP contribution is 2.44. The van der Waals surface area contributed by atoms with Gasteiger partial charge in [-0.05, 0) is 0 Å². The summed E-state index contributed by atoms with van der Waals surface area (Å²) in [5.41, 5.74) is 4.26. The van der Waals surface area contributed by atoms with Crippen LogP contribution in [0.25, 0.3) is 22.3 Å². The fraction of sp³-hybridized carbons (Fsp3) is 0.565. The zero-order valence-electron chi connectivity index (χ0n) is 23.6. The van der Waals surface area contributed by atoms with Crippen LogP contribution in [0.1, 0.15) is 25.3 Å². The lowest BCUT2D eigenvalue weighted by Crippen LogP contribution is -2.77. The molecule has 0 aliphatic carbocycles. The molecule has 6 heterocycles. The summed E-state index contributed by atoms with van der Waals surface area (Å²) in [6.45, 7) is -2.17. The quantitative estimate of drug-likeness (QED) is 0.0796. The van der Waals surface area contributed by atoms with E-state index in [9.17, 15) is 46.1 Å². The topological polar surface area (TPSA) is 262 Å². The van der Waals surface area contributed by atoms with Crippen molar-refractivity contribution >= 4 is 34.2 Å². The van der Waals surface area contributed by atoms with Gasteiger partial charge in [0.05, 0.1) is 37.6 Å². The van der Waals surface area contributed by atoms with E-state index >= 15 is 0 Å². The molecular weight excluding hydrogens is 654 g/mol. The largest absolute Gasteiger partial charge is 0.429 e. The molecule has 0 saturated carbocycles. The van der Waals surface area contributed by atoms with Gasteiger partial charge in [-0.3, -0.25) is 39.3 Å². The number of ether oxygens (including phenoxy) is 2. The van der Waals surface area contributed by atoms with Crippen LogP contribution in [0.2, 0.25) is 0 Å². The maximum atomic E-state index is 14.6. The summed E-state index contributed by atoms with van der Waals surface area (Å²) >= 11 is 0. The Morgan fingerprint density at radius 2 is 1.36 bits per heavy atom. The van der Waals surface area contributed by atoms with Gasteiger partial charge < -0.3 is 31.2 Å². The molecule has 2 aliphatic heterocycles. The number of hydrogen-bond donors (Lipinski definition) is 8. The normalized spacial score (nSPS) is 25.8. The summed E-state index contributed by atoms with van der Waals surface area (Å²) in [6, 6.07) is -1.79. The number of H-pyrrole nitrogens is 2. The second-order valence-corrected chi connectivity index (χ2v) is 10.9. The molecule has 0 unspecified atom stereocenters. The number of halogens is 6. The number of aliphatic hydroxyl groups is 2. The molecule has 0 aromatic carbocycles. The fourth-order valence-electron chi connectivity index (χ4n) is 5.71. The van der Waals surface area contributed by atoms with E-state index in [4.69, 9.17) is 20.9 Å². The molecule has 2 saturated heterocycles. The first-order valence-corrected chi connectivity index (χ1v) is 13.7. The van der Waals surface area contributed by atoms with Crippen LogP contribution < -0.4 is 33.2 Å². The standard InChI is InChI=1S/C23H26F6N12O6/c24-22(25,26)21(23(27,28)29,34-3-9-8(43)2-12(46-9)41-6-33-14-16(41)36-20(31)38-18(14)45)39-7-1-11(47-10(7)4-42)40-5-32-13-15(40)35-19(30)37-17(13)44/h5-12,34,39,42-43H,1-4H2,(H3,30,35,37,44)(H3,31,36,38,45)/t7-,8-,9+,10+,11+,12+/m0/s1. The van der Waals surface area contributed by atoms with Gasteiger partial charge in [0.15, 0.2) is 22.3 Å². The number of nitrogens with zero attached hydrogens (tertiary/aromatic N) is 6. The Hall–Kier alpha value is -4.36. The van der Waals surface area contributed by atoms with Crippen molar-refractivity contribution in [1.82, 2.24) is 49.7 Å². The van der Waals surface area contributed by atoms with Gasteiger partial charge >= 0.3 is 12.4 Å². The highest BCUT2D eigenvalue weighted by atomic mass is 19.4. The predicted molar refractivity (Wildman–Crippen MR) is 145 cm³/mol. The Bertz CT molecular complexity index is 1890. The molecule has 4 aromatic heterocycles. The van der Waals surface area contributed by atoms with Crippen molar-refractivity contribution in [3.05, 3.63) is 33.4 Å². The van der Waals surface area contributed by atoms with Gasteiger partial charge in [0.1, 0.15) is 12.5 Å². The molecule has 6 atom stereocenters. The Morgan fingerprint density at radius 1 is 0.872 bits per heavy atom. The van der Waals surface area contributed by atoms with Gasteiger partial charge in [0.2, 0.25) is 11.9 Å². The van der Waals surface area contributed by atoms with Gasteiger partial charge in [-0.25, -0.2) is 9.97 Å². The number of nitrogen functional groups attached to an aromatic ring is 2. The minimum absolute atomic E-state index is 0.0855. The number of rotatable bonds is 8. The minimum Gasteiger partial charge on any atom is -0.394 e. The molecule has 47 heavy (non-hydrogen) atoms. The Labute approximate surface area is 256 Å². The van der Waals surface area contributed by atoms with E-state index in [-0.39, 0.29) is 40.6 Å². The Kier molecular flexibility index (Phi) is 7.91. The fourth-order valence-corrected chi connectivity index (χ4v) is 5.71. The third kappa shape index (κ3) is 5.54. The Morgan fingerprint density at radius 3 is 1.85 bits per heavy atom. The highest BCUT2D eigenvalue weighted by Gasteiger charge is 2.72. The first kappa shape index (κ1) is 32.6. The van der Waals surface area contributed by atoms with Gasteiger partial charge in [0, 0.05) is 25.4 Å². The molecule has 10 N–H and O–H groups in total. The van der Waals surface area contributed by atoms with E-state index < -0.39 is 85.5 Å². The van der Waals surface area contributed by atoms with Crippen LogP contribution in [0.15, 0.2) is 22.2 Å². The Balaban J connectivity index is 1.25. The first-order chi connectivity index (χ1) is 22.0. The van der Waals surface area contributed by atoms with Crippen molar-refractivity contribution < 1.29 is 46.0 Å². The SMILES string of the molecule is Nc1nc2c(ncn2[C@H]2C[C@H](NC(NC[C@H]3O[C@@H](n4cnc5c(=O)[nH]c(N)nc54)C[C@@H]3O)(C(F)(F)F)C(F)(F)F)[C@@H](CO)O2)c(=O)[nH]1. The lowest BCUT2D eigenvalue weighted by Gasteiger charge is -2.41. The van der Waals surface area contributed by atoms with Crippen LogP contribution >= 0.6 is 0 Å². The van der Waals surface area contributed by atoms with E-state index in [1.54, 1.807) is 5.32 Å². The van der Waals surface area contributed by atoms with Crippen LogP contribution in [0.4, 0.5) is 38.2 Å². The number of anilines is 2. The average molecular weight is 681 g/mol. The summed E-state index contributed by atoms with van der Waals surface area (Å²) in [7, 11) is 0. The number of aliphatic hydroxyl groups excluding tert-OH is 2. The van der Waals surface area contributed by atoms with E-state index in [2.05, 4.69) is 29.9 Å². The second kappa shape index (κ2) is 11.4. The first-order valence-electron chi connectivity index (χ1n) is 13.7. The molecule has 256 valence electrons. The van der Waals surface area contributed by atoms with Crippen molar-refractivity contribution in [3.63, 3.8) is 0 Å². The molecule has 0 amide bonds. The maximum absolute atomic E-state index is 14.6. The molecule has 0 radical (unpaired) electrons. The van der Waals surface area contributed by atoms with Crippen LogP contribution in [0, 0.1) is 0 Å². The summed E-state index contributed by atoms with van der Waals surface area (Å²) in [5.74, 6) is -0.622. The van der Waals surface area contributed by atoms with Gasteiger partial charge in [-0.15, -0.1) is 0 Å². The molecule has 0 bridgehead atoms. The molecule has 4 aromatic rings. The van der Waals surface area contributed by atoms with Crippen molar-refractivity contribution in [2.24, 2.45) is 0 Å². The lowest BCUT2D eigenvalue weighted by molar-refractivity contribution is -0.321. The van der Waals surface area contributed by atoms with E-state index in [0.29, 0.717) is 0 Å². The van der Waals surface area contributed by atoms with E-state index in [1.807, 2.05) is 0 Å². The third-order valence-electron chi connectivity index (χ3n) is 7.96. The van der Waals surface area contributed by atoms with Crippen molar-refractivity contribution in [2.45, 2.75) is 67.7 Å². The zero-order valence-corrected chi connectivity index (χ0v) is 23.6. The molecule has 0 spiro atoms. The molecular formula is C23H26F6N12O6. The van der Waals surface area contributed by atoms with Crippen LogP contribution in [-0.2, 0) is 9.47 Å². The monoisotopic (exact) mass is 680 g/mol. The number of nitrogens with one attached hydrogen (secondary N) is 4. The molecule has 18 nitrogen and oxygen atoms in total. The second-order valence-electron chi connectivity index (χ2n) is 10.9. The summed E-state index contributed by atoms with van der Waals surface area (Å²) in [4.78, 5) is 44.2. The summed E-state index contributed by atoms with van der Waals surface area (Å²) in [5, 5.41) is 23.5. The third-order valence-corrected chi connectivity index (χ3v) is 7.96. The maximum Gasteiger partial charge on any atom is 0.429 e. The van der Waals surface area contributed by atoms with Crippen LogP contribution in [0.3, 0.4) is 0 Å². The van der Waals surface area contributed by atoms with Gasteiger partial charge in [-0.1, -0.05) is 0 Å². The van der Waals surface area contributed by atoms with Crippen LogP contribution in [-0.4, -0.2) is 105 Å². The van der Waals surface area contributed by atoms with Gasteiger partial charge in [-0.2, -0.15) is 36.3 Å². The summed E-state index contributed by atoms with van der Waals surface area (Å²) in [6.07, 6.45) is -18.1. The average Bonchev–Trinajstić information content (AvgIpc) is 3.74. The van der Waals surface area contributed by atoms with Crippen molar-refractivity contribution in [2.75, 3.05) is 24.6 Å². The van der Waals surface area contributed by atoms with E-state index in [1.165, 1.54) is 9.88 Å². The molecule has 24 heteroatoms. The number of hydrogen-bond acceptors (Lipinski definition) is 14. The smallest absolute Gasteiger partial charge is 0.394 e. The number of imidazole rings is 2. The lowest BCUT2D eigenvalue weighted by atomic mass is 10.0. The predicted octanol–water partition coefficient (Wildman–Crippen LogP) is -1.29.